The van der Waals surface area contributed by atoms with Crippen molar-refractivity contribution in [3.05, 3.63) is 117 Å². The van der Waals surface area contributed by atoms with Crippen LogP contribution in [0.1, 0.15) is 15.9 Å². The Balaban J connectivity index is 1.77. The van der Waals surface area contributed by atoms with Crippen molar-refractivity contribution in [2.75, 3.05) is 4.90 Å². The lowest BCUT2D eigenvalue weighted by molar-refractivity contribution is -0.384. The number of aromatic nitrogens is 1. The Kier molecular flexibility index (Phi) is 5.09. The zero-order valence-corrected chi connectivity index (χ0v) is 15.8. The van der Waals surface area contributed by atoms with E-state index in [1.807, 2.05) is 30.3 Å². The number of fused-ring (bicyclic) bond motifs is 1. The molecule has 3 aromatic carbocycles. The van der Waals surface area contributed by atoms with Gasteiger partial charge in [-0.1, -0.05) is 42.5 Å². The molecule has 0 bridgehead atoms. The van der Waals surface area contributed by atoms with Gasteiger partial charge >= 0.3 is 0 Å². The smallest absolute Gasteiger partial charge is 0.270 e. The fourth-order valence-corrected chi connectivity index (χ4v) is 3.28. The number of nitro groups is 1. The van der Waals surface area contributed by atoms with Crippen LogP contribution in [0, 0.1) is 10.1 Å². The van der Waals surface area contributed by atoms with Crippen molar-refractivity contribution in [1.82, 2.24) is 4.98 Å². The van der Waals surface area contributed by atoms with Crippen molar-refractivity contribution in [3.63, 3.8) is 0 Å². The van der Waals surface area contributed by atoms with Gasteiger partial charge < -0.3 is 9.88 Å². The van der Waals surface area contributed by atoms with E-state index in [1.165, 1.54) is 29.2 Å². The highest BCUT2D eigenvalue weighted by Crippen LogP contribution is 2.22. The molecule has 30 heavy (non-hydrogen) atoms. The van der Waals surface area contributed by atoms with Gasteiger partial charge in [0.05, 0.1) is 11.5 Å². The van der Waals surface area contributed by atoms with Gasteiger partial charge in [0.15, 0.2) is 0 Å². The fraction of sp³-hybridized carbons (Fsp3) is 0.0435. The van der Waals surface area contributed by atoms with Crippen molar-refractivity contribution >= 4 is 28.2 Å². The largest absolute Gasteiger partial charge is 0.322 e. The number of benzene rings is 3. The predicted molar refractivity (Wildman–Crippen MR) is 115 cm³/mol. The maximum atomic E-state index is 13.3. The average Bonchev–Trinajstić information content (AvgIpc) is 2.78. The summed E-state index contributed by atoms with van der Waals surface area (Å²) in [5.74, 6) is -0.433. The van der Waals surface area contributed by atoms with E-state index in [9.17, 15) is 19.7 Å². The highest BCUT2D eigenvalue weighted by molar-refractivity contribution is 6.06. The molecule has 0 unspecified atom stereocenters. The Hall–Kier alpha value is -4.26. The van der Waals surface area contributed by atoms with Crippen LogP contribution < -0.4 is 10.5 Å². The highest BCUT2D eigenvalue weighted by Gasteiger charge is 2.21. The van der Waals surface area contributed by atoms with E-state index in [2.05, 4.69) is 4.98 Å². The SMILES string of the molecule is O=C(c1cccc([N+](=O)[O-])c1)N(Cc1cc2ccccc2[nH]c1=O)c1ccccc1. The van der Waals surface area contributed by atoms with Gasteiger partial charge in [0.2, 0.25) is 0 Å². The molecule has 0 spiro atoms. The summed E-state index contributed by atoms with van der Waals surface area (Å²) in [6.45, 7) is 0.0195. The van der Waals surface area contributed by atoms with Gasteiger partial charge in [-0.25, -0.2) is 0 Å². The number of non-ortho nitro benzene ring substituents is 1. The quantitative estimate of drug-likeness (QED) is 0.400. The maximum Gasteiger partial charge on any atom is 0.270 e. The second-order valence-corrected chi connectivity index (χ2v) is 6.75. The number of H-pyrrole nitrogens is 1. The first kappa shape index (κ1) is 19.1. The number of rotatable bonds is 5. The van der Waals surface area contributed by atoms with Crippen molar-refractivity contribution < 1.29 is 9.72 Å². The van der Waals surface area contributed by atoms with E-state index in [-0.39, 0.29) is 23.4 Å². The summed E-state index contributed by atoms with van der Waals surface area (Å²) in [5, 5.41) is 12.0. The molecule has 4 aromatic rings. The Labute approximate surface area is 171 Å². The number of hydrogen-bond donors (Lipinski definition) is 1. The van der Waals surface area contributed by atoms with Crippen LogP contribution in [0.3, 0.4) is 0 Å². The standard InChI is InChI=1S/C23H17N3O4/c27-22-18(13-16-7-4-5-12-21(16)24-22)15-25(19-9-2-1-3-10-19)23(28)17-8-6-11-20(14-17)26(29)30/h1-14H,15H2,(H,24,27). The van der Waals surface area contributed by atoms with E-state index in [0.29, 0.717) is 16.8 Å². The van der Waals surface area contributed by atoms with Gasteiger partial charge in [0.25, 0.3) is 17.2 Å². The molecule has 0 aliphatic heterocycles. The summed E-state index contributed by atoms with van der Waals surface area (Å²) in [7, 11) is 0. The molecule has 148 valence electrons. The van der Waals surface area contributed by atoms with E-state index in [0.717, 1.165) is 5.39 Å². The second-order valence-electron chi connectivity index (χ2n) is 6.75. The van der Waals surface area contributed by atoms with Crippen LogP contribution in [0.2, 0.25) is 0 Å². The van der Waals surface area contributed by atoms with Crippen molar-refractivity contribution in [2.24, 2.45) is 0 Å². The van der Waals surface area contributed by atoms with Gasteiger partial charge in [-0.3, -0.25) is 19.7 Å². The van der Waals surface area contributed by atoms with Crippen LogP contribution in [0.4, 0.5) is 11.4 Å². The normalized spacial score (nSPS) is 10.7. The third kappa shape index (κ3) is 3.81. The summed E-state index contributed by atoms with van der Waals surface area (Å²) in [6, 6.07) is 23.6. The molecule has 0 aliphatic carbocycles. The zero-order valence-electron chi connectivity index (χ0n) is 15.8. The number of nitrogens with zero attached hydrogens (tertiary/aromatic N) is 2. The maximum absolute atomic E-state index is 13.3. The lowest BCUT2D eigenvalue weighted by atomic mass is 10.1. The molecule has 1 aromatic heterocycles. The van der Waals surface area contributed by atoms with E-state index >= 15 is 0 Å². The first-order valence-corrected chi connectivity index (χ1v) is 9.25. The molecule has 7 heteroatoms. The summed E-state index contributed by atoms with van der Waals surface area (Å²) in [4.78, 5) is 40.8. The number of aromatic amines is 1. The minimum Gasteiger partial charge on any atom is -0.322 e. The number of hydrogen-bond acceptors (Lipinski definition) is 4. The summed E-state index contributed by atoms with van der Waals surface area (Å²) >= 11 is 0. The number of amides is 1. The summed E-state index contributed by atoms with van der Waals surface area (Å²) < 4.78 is 0. The van der Waals surface area contributed by atoms with Crippen molar-refractivity contribution in [2.45, 2.75) is 6.54 Å². The number of nitrogens with one attached hydrogen (secondary N) is 1. The van der Waals surface area contributed by atoms with Gasteiger partial charge in [-0.05, 0) is 35.7 Å². The molecule has 0 aliphatic rings. The molecular weight excluding hydrogens is 382 g/mol. The van der Waals surface area contributed by atoms with Crippen molar-refractivity contribution in [1.29, 1.82) is 0 Å². The van der Waals surface area contributed by atoms with Gasteiger partial charge in [-0.2, -0.15) is 0 Å². The lowest BCUT2D eigenvalue weighted by Crippen LogP contribution is -2.32. The molecule has 1 amide bonds. The molecule has 1 N–H and O–H groups in total. The topological polar surface area (TPSA) is 96.3 Å². The molecule has 1 heterocycles. The van der Waals surface area contributed by atoms with Gasteiger partial charge in [0.1, 0.15) is 0 Å². The molecule has 0 radical (unpaired) electrons. The number of anilines is 1. The first-order valence-electron chi connectivity index (χ1n) is 9.25. The second kappa shape index (κ2) is 8.00. The average molecular weight is 399 g/mol. The predicted octanol–water partition coefficient (Wildman–Crippen LogP) is 4.28. The Morgan fingerprint density at radius 1 is 0.933 bits per heavy atom. The zero-order chi connectivity index (χ0) is 21.1. The Morgan fingerprint density at radius 2 is 1.67 bits per heavy atom. The number of nitro benzene ring substituents is 1. The number of pyridine rings is 1. The van der Waals surface area contributed by atoms with E-state index in [1.54, 1.807) is 30.3 Å². The van der Waals surface area contributed by atoms with Crippen LogP contribution in [-0.4, -0.2) is 15.8 Å². The third-order valence-electron chi connectivity index (χ3n) is 4.78. The first-order chi connectivity index (χ1) is 14.5. The molecule has 4 rings (SSSR count). The number of para-hydroxylation sites is 2. The van der Waals surface area contributed by atoms with Crippen molar-refractivity contribution in [3.8, 4) is 0 Å². The highest BCUT2D eigenvalue weighted by atomic mass is 16.6. The summed E-state index contributed by atoms with van der Waals surface area (Å²) in [6.07, 6.45) is 0. The minimum absolute atomic E-state index is 0.0195. The molecule has 7 nitrogen and oxygen atoms in total. The van der Waals surface area contributed by atoms with Gasteiger partial charge in [0, 0.05) is 34.5 Å². The van der Waals surface area contributed by atoms with Crippen LogP contribution in [0.5, 0.6) is 0 Å². The van der Waals surface area contributed by atoms with Crippen LogP contribution in [-0.2, 0) is 6.54 Å². The van der Waals surface area contributed by atoms with Crippen LogP contribution >= 0.6 is 0 Å². The fourth-order valence-electron chi connectivity index (χ4n) is 3.28. The Morgan fingerprint density at radius 3 is 2.43 bits per heavy atom. The molecular formula is C23H17N3O4. The molecule has 0 saturated carbocycles. The molecule has 0 saturated heterocycles. The van der Waals surface area contributed by atoms with E-state index < -0.39 is 10.8 Å². The Bertz CT molecular complexity index is 1300. The third-order valence-corrected chi connectivity index (χ3v) is 4.78. The number of carbonyl (C=O) groups excluding carboxylic acids is 1. The molecule has 0 atom stereocenters. The monoisotopic (exact) mass is 399 g/mol. The van der Waals surface area contributed by atoms with Crippen LogP contribution in [0.25, 0.3) is 10.9 Å². The number of carbonyl (C=O) groups is 1. The van der Waals surface area contributed by atoms with Gasteiger partial charge in [-0.15, -0.1) is 0 Å². The van der Waals surface area contributed by atoms with E-state index in [4.69, 9.17) is 0 Å². The summed E-state index contributed by atoms with van der Waals surface area (Å²) in [5.41, 5.74) is 1.42. The van der Waals surface area contributed by atoms with Crippen LogP contribution in [0.15, 0.2) is 89.7 Å². The minimum atomic E-state index is -0.544. The lowest BCUT2D eigenvalue weighted by Gasteiger charge is -2.23. The molecule has 0 fully saturated rings.